The Morgan fingerprint density at radius 3 is 2.50 bits per heavy atom. The Kier molecular flexibility index (Phi) is 5.30. The average Bonchev–Trinajstić information content (AvgIpc) is 2.65. The molecule has 1 nitrogen and oxygen atoms in total. The van der Waals surface area contributed by atoms with Crippen LogP contribution in [0.1, 0.15) is 66.7 Å². The van der Waals surface area contributed by atoms with Crippen LogP contribution in [0.5, 0.6) is 0 Å². The van der Waals surface area contributed by atoms with E-state index in [1.807, 2.05) is 13.8 Å². The van der Waals surface area contributed by atoms with Crippen molar-refractivity contribution >= 4 is 0 Å². The molecule has 2 rings (SSSR count). The zero-order chi connectivity index (χ0) is 12.2. The van der Waals surface area contributed by atoms with Crippen LogP contribution in [-0.4, -0.2) is 24.0 Å². The second-order valence-electron chi connectivity index (χ2n) is 6.05. The van der Waals surface area contributed by atoms with E-state index in [0.29, 0.717) is 5.41 Å². The minimum absolute atomic E-state index is 0.562. The summed E-state index contributed by atoms with van der Waals surface area (Å²) in [6.07, 6.45) is 7.19. The molecule has 2 aliphatic rings. The van der Waals surface area contributed by atoms with Crippen molar-refractivity contribution in [1.82, 2.24) is 4.90 Å². The Hall–Kier alpha value is -0.0400. The second kappa shape index (κ2) is 6.05. The average molecular weight is 225 g/mol. The monoisotopic (exact) mass is 225 g/mol. The summed E-state index contributed by atoms with van der Waals surface area (Å²) in [6.45, 7) is 14.0. The van der Waals surface area contributed by atoms with E-state index in [-0.39, 0.29) is 0 Å². The molecule has 96 valence electrons. The third kappa shape index (κ3) is 3.23. The molecular formula is C15H31N. The van der Waals surface area contributed by atoms with Gasteiger partial charge in [-0.2, -0.15) is 0 Å². The van der Waals surface area contributed by atoms with Gasteiger partial charge in [0.1, 0.15) is 0 Å². The van der Waals surface area contributed by atoms with Crippen molar-refractivity contribution in [3.63, 3.8) is 0 Å². The van der Waals surface area contributed by atoms with Gasteiger partial charge in [0, 0.05) is 12.6 Å². The van der Waals surface area contributed by atoms with Crippen molar-refractivity contribution in [2.24, 2.45) is 11.3 Å². The molecule has 2 atom stereocenters. The van der Waals surface area contributed by atoms with Gasteiger partial charge >= 0.3 is 0 Å². The summed E-state index contributed by atoms with van der Waals surface area (Å²) in [5.41, 5.74) is 0.562. The van der Waals surface area contributed by atoms with Crippen molar-refractivity contribution in [1.29, 1.82) is 0 Å². The quantitative estimate of drug-likeness (QED) is 0.642. The van der Waals surface area contributed by atoms with Crippen LogP contribution in [0.25, 0.3) is 0 Å². The van der Waals surface area contributed by atoms with E-state index in [9.17, 15) is 0 Å². The van der Waals surface area contributed by atoms with E-state index in [4.69, 9.17) is 0 Å². The fraction of sp³-hybridized carbons (Fsp3) is 1.00. The molecule has 2 fully saturated rings. The van der Waals surface area contributed by atoms with Gasteiger partial charge in [-0.05, 0) is 43.6 Å². The van der Waals surface area contributed by atoms with Gasteiger partial charge in [-0.1, -0.05) is 41.0 Å². The van der Waals surface area contributed by atoms with Crippen LogP contribution >= 0.6 is 0 Å². The predicted octanol–water partition coefficient (Wildman–Crippen LogP) is 4.32. The first-order valence-electron chi connectivity index (χ1n) is 7.36. The van der Waals surface area contributed by atoms with E-state index in [1.54, 1.807) is 0 Å². The highest BCUT2D eigenvalue weighted by Crippen LogP contribution is 2.38. The molecule has 0 radical (unpaired) electrons. The first-order valence-corrected chi connectivity index (χ1v) is 7.36. The Morgan fingerprint density at radius 2 is 1.88 bits per heavy atom. The second-order valence-corrected chi connectivity index (χ2v) is 6.05. The molecule has 0 amide bonds. The van der Waals surface area contributed by atoms with Gasteiger partial charge in [-0.3, -0.25) is 4.90 Å². The van der Waals surface area contributed by atoms with E-state index in [2.05, 4.69) is 25.7 Å². The summed E-state index contributed by atoms with van der Waals surface area (Å²) in [6, 6.07) is 0.932. The standard InChI is InChI=1S/C13H25N.C2H6/c1-4-11-7-8-13(2,3)10-14-9-5-6-12(11)14;1-2/h11-12H,4-10H2,1-3H3;1-2H3. The minimum Gasteiger partial charge on any atom is -0.300 e. The van der Waals surface area contributed by atoms with Gasteiger partial charge < -0.3 is 0 Å². The largest absolute Gasteiger partial charge is 0.300 e. The van der Waals surface area contributed by atoms with Crippen LogP contribution in [-0.2, 0) is 0 Å². The van der Waals surface area contributed by atoms with Gasteiger partial charge in [0.15, 0.2) is 0 Å². The number of nitrogens with zero attached hydrogens (tertiary/aromatic N) is 1. The fourth-order valence-electron chi connectivity index (χ4n) is 3.46. The van der Waals surface area contributed by atoms with Crippen LogP contribution in [0.4, 0.5) is 0 Å². The highest BCUT2D eigenvalue weighted by Gasteiger charge is 2.37. The Balaban J connectivity index is 0.000000606. The van der Waals surface area contributed by atoms with Gasteiger partial charge in [0.25, 0.3) is 0 Å². The van der Waals surface area contributed by atoms with E-state index in [0.717, 1.165) is 12.0 Å². The maximum absolute atomic E-state index is 2.78. The number of fused-ring (bicyclic) bond motifs is 1. The summed E-state index contributed by atoms with van der Waals surface area (Å²) in [5.74, 6) is 0.985. The van der Waals surface area contributed by atoms with Crippen molar-refractivity contribution < 1.29 is 0 Å². The van der Waals surface area contributed by atoms with Crippen LogP contribution in [0.15, 0.2) is 0 Å². The fourth-order valence-corrected chi connectivity index (χ4v) is 3.46. The SMILES string of the molecule is CC.CCC1CCC(C)(C)CN2CCCC12. The molecule has 0 aromatic carbocycles. The summed E-state index contributed by atoms with van der Waals surface area (Å²) in [4.78, 5) is 2.78. The van der Waals surface area contributed by atoms with Gasteiger partial charge in [-0.15, -0.1) is 0 Å². The van der Waals surface area contributed by atoms with Crippen LogP contribution in [0, 0.1) is 11.3 Å². The predicted molar refractivity (Wildman–Crippen MR) is 72.7 cm³/mol. The lowest BCUT2D eigenvalue weighted by atomic mass is 9.84. The number of hydrogen-bond donors (Lipinski definition) is 0. The highest BCUT2D eigenvalue weighted by atomic mass is 15.2. The summed E-state index contributed by atoms with van der Waals surface area (Å²) < 4.78 is 0. The minimum atomic E-state index is 0.562. The maximum atomic E-state index is 2.78. The topological polar surface area (TPSA) is 3.24 Å². The molecule has 0 N–H and O–H groups in total. The third-order valence-corrected chi connectivity index (χ3v) is 4.31. The van der Waals surface area contributed by atoms with Crippen LogP contribution in [0.2, 0.25) is 0 Å². The van der Waals surface area contributed by atoms with E-state index >= 15 is 0 Å². The first-order chi connectivity index (χ1) is 7.62. The van der Waals surface area contributed by atoms with Crippen molar-refractivity contribution in [2.45, 2.75) is 72.8 Å². The molecule has 0 saturated carbocycles. The summed E-state index contributed by atoms with van der Waals surface area (Å²) >= 11 is 0. The lowest BCUT2D eigenvalue weighted by Crippen LogP contribution is -2.37. The van der Waals surface area contributed by atoms with Crippen molar-refractivity contribution in [2.75, 3.05) is 13.1 Å². The molecule has 0 spiro atoms. The summed E-state index contributed by atoms with van der Waals surface area (Å²) in [7, 11) is 0. The zero-order valence-corrected chi connectivity index (χ0v) is 12.1. The molecule has 0 aliphatic carbocycles. The lowest BCUT2D eigenvalue weighted by Gasteiger charge is -2.31. The molecule has 0 bridgehead atoms. The lowest BCUT2D eigenvalue weighted by molar-refractivity contribution is 0.165. The molecule has 2 aliphatic heterocycles. The number of rotatable bonds is 1. The molecule has 2 unspecified atom stereocenters. The molecule has 1 heteroatoms. The number of hydrogen-bond acceptors (Lipinski definition) is 1. The molecular weight excluding hydrogens is 194 g/mol. The normalized spacial score (nSPS) is 33.6. The summed E-state index contributed by atoms with van der Waals surface area (Å²) in [5, 5.41) is 0. The van der Waals surface area contributed by atoms with E-state index < -0.39 is 0 Å². The van der Waals surface area contributed by atoms with Crippen molar-refractivity contribution in [3.8, 4) is 0 Å². The van der Waals surface area contributed by atoms with Gasteiger partial charge in [0.05, 0.1) is 0 Å². The van der Waals surface area contributed by atoms with E-state index in [1.165, 1.54) is 45.2 Å². The van der Waals surface area contributed by atoms with Gasteiger partial charge in [-0.25, -0.2) is 0 Å². The smallest absolute Gasteiger partial charge is 0.0124 e. The molecule has 0 aromatic rings. The van der Waals surface area contributed by atoms with Crippen molar-refractivity contribution in [3.05, 3.63) is 0 Å². The van der Waals surface area contributed by atoms with Crippen LogP contribution < -0.4 is 0 Å². The molecule has 16 heavy (non-hydrogen) atoms. The Labute approximate surface area is 103 Å². The van der Waals surface area contributed by atoms with Crippen LogP contribution in [0.3, 0.4) is 0 Å². The molecule has 2 heterocycles. The highest BCUT2D eigenvalue weighted by molar-refractivity contribution is 4.91. The van der Waals surface area contributed by atoms with Gasteiger partial charge in [0.2, 0.25) is 0 Å². The molecule has 0 aromatic heterocycles. The third-order valence-electron chi connectivity index (χ3n) is 4.31. The zero-order valence-electron chi connectivity index (χ0n) is 12.1. The Bertz CT molecular complexity index is 198. The molecule has 2 saturated heterocycles. The maximum Gasteiger partial charge on any atom is 0.0124 e. The Morgan fingerprint density at radius 1 is 1.19 bits per heavy atom. The first kappa shape index (κ1) is 14.0.